The number of carbonyl (C=O) groups excluding carboxylic acids is 2. The molecule has 0 radical (unpaired) electrons. The van der Waals surface area contributed by atoms with Gasteiger partial charge in [0, 0.05) is 13.0 Å². The van der Waals surface area contributed by atoms with E-state index in [2.05, 4.69) is 5.32 Å². The zero-order valence-electron chi connectivity index (χ0n) is 8.56. The van der Waals surface area contributed by atoms with Crippen LogP contribution in [0, 0.1) is 0 Å². The molecule has 0 aliphatic carbocycles. The molecule has 82 valence electrons. The summed E-state index contributed by atoms with van der Waals surface area (Å²) >= 11 is 0. The van der Waals surface area contributed by atoms with Crippen LogP contribution >= 0.6 is 0 Å². The molecule has 9 heteroatoms. The Morgan fingerprint density at radius 1 is 1.53 bits per heavy atom. The number of carboxylic acids is 1. The second-order valence-corrected chi connectivity index (χ2v) is 4.89. The van der Waals surface area contributed by atoms with Gasteiger partial charge in [0.2, 0.25) is 5.91 Å². The number of hydrogen-bond acceptors (Lipinski definition) is 6. The summed E-state index contributed by atoms with van der Waals surface area (Å²) in [4.78, 5) is 43.7. The zero-order chi connectivity index (χ0) is 11.4. The SMILES string of the molecule is C[Si](O)(O)O.O=C1CC[C@@H](C(=O)[O-])N1.[Na+]. The molecule has 0 aromatic rings. The van der Waals surface area contributed by atoms with Crippen molar-refractivity contribution in [3.63, 3.8) is 0 Å². The van der Waals surface area contributed by atoms with Gasteiger partial charge in [-0.1, -0.05) is 0 Å². The van der Waals surface area contributed by atoms with Gasteiger partial charge in [0.1, 0.15) is 0 Å². The van der Waals surface area contributed by atoms with E-state index in [1.165, 1.54) is 0 Å². The predicted octanol–water partition coefficient (Wildman–Crippen LogP) is -6.45. The van der Waals surface area contributed by atoms with Crippen molar-refractivity contribution in [1.29, 1.82) is 0 Å². The molecular weight excluding hydrogens is 233 g/mol. The number of carboxylic acid groups (broad SMARTS) is 1. The van der Waals surface area contributed by atoms with Crippen LogP contribution in [0.4, 0.5) is 0 Å². The van der Waals surface area contributed by atoms with Crippen molar-refractivity contribution in [1.82, 2.24) is 5.32 Å². The first-order valence-corrected chi connectivity index (χ1v) is 6.21. The van der Waals surface area contributed by atoms with Gasteiger partial charge in [-0.05, 0) is 6.42 Å². The first-order valence-electron chi connectivity index (χ1n) is 3.87. The van der Waals surface area contributed by atoms with Crippen LogP contribution in [-0.2, 0) is 9.59 Å². The van der Waals surface area contributed by atoms with Crippen LogP contribution in [0.5, 0.6) is 0 Å². The van der Waals surface area contributed by atoms with Crippen molar-refractivity contribution in [2.75, 3.05) is 0 Å². The van der Waals surface area contributed by atoms with Crippen molar-refractivity contribution < 1.29 is 58.6 Å². The fraction of sp³-hybridized carbons (Fsp3) is 0.667. The molecule has 0 aromatic heterocycles. The average Bonchev–Trinajstić information content (AvgIpc) is 2.31. The molecule has 1 amide bonds. The van der Waals surface area contributed by atoms with E-state index in [0.29, 0.717) is 12.8 Å². The van der Waals surface area contributed by atoms with Crippen molar-refractivity contribution in [2.24, 2.45) is 0 Å². The molecule has 15 heavy (non-hydrogen) atoms. The van der Waals surface area contributed by atoms with Crippen molar-refractivity contribution in [2.45, 2.75) is 25.4 Å². The normalized spacial score (nSPS) is 19.5. The third-order valence-electron chi connectivity index (χ3n) is 1.28. The molecule has 0 spiro atoms. The maximum Gasteiger partial charge on any atom is 1.00 e. The van der Waals surface area contributed by atoms with Gasteiger partial charge in [-0.15, -0.1) is 0 Å². The minimum Gasteiger partial charge on any atom is -0.548 e. The van der Waals surface area contributed by atoms with E-state index < -0.39 is 20.8 Å². The molecule has 7 nitrogen and oxygen atoms in total. The number of hydrogen-bond donors (Lipinski definition) is 4. The Labute approximate surface area is 110 Å². The van der Waals surface area contributed by atoms with Gasteiger partial charge >= 0.3 is 38.4 Å². The van der Waals surface area contributed by atoms with Crippen LogP contribution in [0.3, 0.4) is 0 Å². The van der Waals surface area contributed by atoms with Crippen molar-refractivity contribution in [3.8, 4) is 0 Å². The van der Waals surface area contributed by atoms with Gasteiger partial charge in [0.25, 0.3) is 0 Å². The number of carbonyl (C=O) groups is 2. The molecule has 1 aliphatic heterocycles. The van der Waals surface area contributed by atoms with Crippen LogP contribution < -0.4 is 40.0 Å². The van der Waals surface area contributed by atoms with Gasteiger partial charge in [0.05, 0.1) is 12.0 Å². The van der Waals surface area contributed by atoms with E-state index in [4.69, 9.17) is 14.4 Å². The minimum absolute atomic E-state index is 0. The number of rotatable bonds is 1. The summed E-state index contributed by atoms with van der Waals surface area (Å²) in [6.07, 6.45) is 0.666. The Morgan fingerprint density at radius 2 is 1.93 bits per heavy atom. The van der Waals surface area contributed by atoms with Gasteiger partial charge in [-0.2, -0.15) is 0 Å². The summed E-state index contributed by atoms with van der Waals surface area (Å²) in [6.45, 7) is 0.993. The van der Waals surface area contributed by atoms with Crippen LogP contribution in [0.15, 0.2) is 0 Å². The maximum atomic E-state index is 10.4. The average molecular weight is 245 g/mol. The Bertz CT molecular complexity index is 224. The summed E-state index contributed by atoms with van der Waals surface area (Å²) in [5, 5.41) is 12.3. The fourth-order valence-electron chi connectivity index (χ4n) is 0.791. The number of amides is 1. The van der Waals surface area contributed by atoms with Crippen molar-refractivity contribution in [3.05, 3.63) is 0 Å². The van der Waals surface area contributed by atoms with E-state index in [1.54, 1.807) is 0 Å². The number of nitrogens with one attached hydrogen (secondary N) is 1. The summed E-state index contributed by atoms with van der Waals surface area (Å²) < 4.78 is 0. The maximum absolute atomic E-state index is 10.4. The summed E-state index contributed by atoms with van der Waals surface area (Å²) in [5.74, 6) is -1.40. The van der Waals surface area contributed by atoms with E-state index in [0.717, 1.165) is 6.55 Å². The first-order chi connectivity index (χ1) is 6.20. The molecular formula is C6H12NNaO6Si. The zero-order valence-corrected chi connectivity index (χ0v) is 11.6. The molecule has 0 aromatic carbocycles. The standard InChI is InChI=1S/C5H7NO3.CH6O3Si.Na/c7-4-2-1-3(6-4)5(8)9;1-5(2,3)4;/h3H,1-2H2,(H,6,7)(H,8,9);2-4H,1H3;/q;;+1/p-1/t3-;;/m0../s1. The quantitative estimate of drug-likeness (QED) is 0.340. The predicted molar refractivity (Wildman–Crippen MR) is 44.4 cm³/mol. The second kappa shape index (κ2) is 7.33. The molecule has 1 aliphatic rings. The van der Waals surface area contributed by atoms with Crippen LogP contribution in [0.25, 0.3) is 0 Å². The van der Waals surface area contributed by atoms with E-state index in [9.17, 15) is 14.7 Å². The largest absolute Gasteiger partial charge is 1.00 e. The molecule has 0 unspecified atom stereocenters. The molecule has 1 saturated heterocycles. The Balaban J connectivity index is 0. The minimum atomic E-state index is -3.61. The van der Waals surface area contributed by atoms with E-state index in [1.807, 2.05) is 0 Å². The molecule has 4 N–H and O–H groups in total. The number of aliphatic carboxylic acids is 1. The third kappa shape index (κ3) is 12.0. The molecule has 1 rings (SSSR count). The van der Waals surface area contributed by atoms with Gasteiger partial charge < -0.3 is 29.6 Å². The molecule has 1 atom stereocenters. The Hall–Kier alpha value is 0.0369. The van der Waals surface area contributed by atoms with Crippen molar-refractivity contribution >= 4 is 20.7 Å². The topological polar surface area (TPSA) is 130 Å². The summed E-state index contributed by atoms with van der Waals surface area (Å²) in [6, 6.07) is -0.752. The smallest absolute Gasteiger partial charge is 0.548 e. The van der Waals surface area contributed by atoms with Crippen LogP contribution in [-0.4, -0.2) is 41.1 Å². The monoisotopic (exact) mass is 245 g/mol. The van der Waals surface area contributed by atoms with Crippen LogP contribution in [0.2, 0.25) is 6.55 Å². The Kier molecular flexibility index (Phi) is 8.52. The Morgan fingerprint density at radius 3 is 2.07 bits per heavy atom. The molecule has 1 fully saturated rings. The molecule has 0 bridgehead atoms. The van der Waals surface area contributed by atoms with Gasteiger partial charge in [-0.25, -0.2) is 0 Å². The van der Waals surface area contributed by atoms with Crippen LogP contribution in [0.1, 0.15) is 12.8 Å². The molecule has 0 saturated carbocycles. The fourth-order valence-corrected chi connectivity index (χ4v) is 0.791. The summed E-state index contributed by atoms with van der Waals surface area (Å²) in [7, 11) is -3.61. The summed E-state index contributed by atoms with van der Waals surface area (Å²) in [5.41, 5.74) is 0. The van der Waals surface area contributed by atoms with E-state index >= 15 is 0 Å². The van der Waals surface area contributed by atoms with Gasteiger partial charge in [0.15, 0.2) is 0 Å². The van der Waals surface area contributed by atoms with E-state index in [-0.39, 0.29) is 35.5 Å². The second-order valence-electron chi connectivity index (χ2n) is 2.95. The van der Waals surface area contributed by atoms with Gasteiger partial charge in [-0.3, -0.25) is 4.79 Å². The third-order valence-corrected chi connectivity index (χ3v) is 1.28. The first kappa shape index (κ1) is 17.4. The molecule has 1 heterocycles.